The molecule has 34 heavy (non-hydrogen) atoms. The third-order valence-corrected chi connectivity index (χ3v) is 8.91. The number of likely N-dealkylation sites (tertiary alicyclic amines) is 1. The van der Waals surface area contributed by atoms with Crippen LogP contribution in [0.15, 0.2) is 75.0 Å². The minimum atomic E-state index is -3.60. The maximum atomic E-state index is 12.9. The molecule has 1 saturated heterocycles. The maximum Gasteiger partial charge on any atom is 0.326 e. The molecule has 2 aromatic carbocycles. The summed E-state index contributed by atoms with van der Waals surface area (Å²) in [6, 6.07) is 17.8. The van der Waals surface area contributed by atoms with Crippen LogP contribution in [-0.4, -0.2) is 41.9 Å². The summed E-state index contributed by atoms with van der Waals surface area (Å²) in [4.78, 5) is 30.0. The monoisotopic (exact) mass is 496 g/mol. The molecule has 1 aliphatic rings. The fraction of sp³-hybridized carbons (Fsp3) is 0.250. The van der Waals surface area contributed by atoms with Gasteiger partial charge in [-0.15, -0.1) is 11.3 Å². The van der Waals surface area contributed by atoms with Crippen molar-refractivity contribution < 1.29 is 13.2 Å². The molecule has 0 unspecified atom stereocenters. The lowest BCUT2D eigenvalue weighted by molar-refractivity contribution is -0.131. The van der Waals surface area contributed by atoms with Gasteiger partial charge < -0.3 is 9.88 Å². The number of H-pyrrole nitrogens is 1. The smallest absolute Gasteiger partial charge is 0.326 e. The van der Waals surface area contributed by atoms with Gasteiger partial charge in [0.05, 0.1) is 17.5 Å². The third kappa shape index (κ3) is 4.51. The summed E-state index contributed by atoms with van der Waals surface area (Å²) in [6.45, 7) is 1.18. The van der Waals surface area contributed by atoms with Gasteiger partial charge in [0, 0.05) is 24.8 Å². The van der Waals surface area contributed by atoms with Crippen molar-refractivity contribution in [2.24, 2.45) is 0 Å². The van der Waals surface area contributed by atoms with Crippen LogP contribution in [0.3, 0.4) is 0 Å². The summed E-state index contributed by atoms with van der Waals surface area (Å²) >= 11 is 1.16. The highest BCUT2D eigenvalue weighted by atomic mass is 32.2. The molecule has 1 amide bonds. The lowest BCUT2D eigenvalue weighted by Gasteiger charge is -2.32. The molecule has 0 spiro atoms. The average molecular weight is 497 g/mol. The minimum Gasteiger partial charge on any atom is -0.342 e. The first-order chi connectivity index (χ1) is 16.4. The van der Waals surface area contributed by atoms with E-state index in [-0.39, 0.29) is 28.3 Å². The lowest BCUT2D eigenvalue weighted by atomic mass is 10.0. The van der Waals surface area contributed by atoms with Crippen LogP contribution in [-0.2, 0) is 21.2 Å². The van der Waals surface area contributed by atoms with E-state index in [2.05, 4.69) is 9.71 Å². The van der Waals surface area contributed by atoms with Gasteiger partial charge in [-0.1, -0.05) is 30.3 Å². The summed E-state index contributed by atoms with van der Waals surface area (Å²) in [5.74, 6) is 0.0247. The number of aromatic amines is 1. The number of amides is 1. The predicted octanol–water partition coefficient (Wildman–Crippen LogP) is 3.60. The number of anilines is 1. The average Bonchev–Trinajstić information content (AvgIpc) is 3.48. The van der Waals surface area contributed by atoms with Gasteiger partial charge in [-0.3, -0.25) is 14.1 Å². The van der Waals surface area contributed by atoms with Gasteiger partial charge in [0.25, 0.3) is 10.0 Å². The number of thiophene rings is 1. The number of nitrogens with zero attached hydrogens (tertiary/aromatic N) is 2. The molecule has 8 nitrogen and oxygen atoms in total. The number of carbonyl (C=O) groups excluding carboxylic acids is 1. The Hall–Kier alpha value is -3.37. The molecule has 0 radical (unpaired) electrons. The van der Waals surface area contributed by atoms with Crippen molar-refractivity contribution in [3.8, 4) is 0 Å². The van der Waals surface area contributed by atoms with E-state index in [0.29, 0.717) is 18.8 Å². The van der Waals surface area contributed by atoms with Crippen LogP contribution in [0.25, 0.3) is 11.0 Å². The molecule has 5 rings (SSSR count). The molecule has 2 aromatic heterocycles. The fourth-order valence-corrected chi connectivity index (χ4v) is 6.46. The second kappa shape index (κ2) is 9.11. The highest BCUT2D eigenvalue weighted by Crippen LogP contribution is 2.25. The van der Waals surface area contributed by atoms with Gasteiger partial charge in [-0.25, -0.2) is 13.2 Å². The van der Waals surface area contributed by atoms with Crippen molar-refractivity contribution >= 4 is 44.0 Å². The number of benzene rings is 2. The van der Waals surface area contributed by atoms with Crippen LogP contribution < -0.4 is 10.4 Å². The number of sulfonamides is 1. The van der Waals surface area contributed by atoms with Crippen molar-refractivity contribution in [3.63, 3.8) is 0 Å². The number of rotatable bonds is 6. The topological polar surface area (TPSA) is 104 Å². The van der Waals surface area contributed by atoms with Crippen molar-refractivity contribution in [2.45, 2.75) is 29.5 Å². The van der Waals surface area contributed by atoms with Crippen LogP contribution in [0.4, 0.5) is 5.69 Å². The van der Waals surface area contributed by atoms with Gasteiger partial charge in [-0.05, 0) is 54.1 Å². The molecule has 4 aromatic rings. The quantitative estimate of drug-likeness (QED) is 0.426. The second-order valence-corrected chi connectivity index (χ2v) is 11.2. The van der Waals surface area contributed by atoms with Crippen LogP contribution in [0.5, 0.6) is 0 Å². The van der Waals surface area contributed by atoms with Crippen molar-refractivity contribution in [2.75, 3.05) is 17.8 Å². The van der Waals surface area contributed by atoms with Gasteiger partial charge in [0.15, 0.2) is 0 Å². The third-order valence-electron chi connectivity index (χ3n) is 6.13. The first kappa shape index (κ1) is 22.4. The number of piperidine rings is 1. The number of para-hydroxylation sites is 2. The van der Waals surface area contributed by atoms with Crippen LogP contribution >= 0.6 is 11.3 Å². The molecule has 3 heterocycles. The summed E-state index contributed by atoms with van der Waals surface area (Å²) in [7, 11) is -3.60. The Bertz CT molecular complexity index is 1460. The summed E-state index contributed by atoms with van der Waals surface area (Å²) in [5.41, 5.74) is 2.88. The predicted molar refractivity (Wildman–Crippen MR) is 133 cm³/mol. The van der Waals surface area contributed by atoms with E-state index in [9.17, 15) is 18.0 Å². The normalized spacial score (nSPS) is 15.0. The number of hydrogen-bond acceptors (Lipinski definition) is 5. The van der Waals surface area contributed by atoms with Gasteiger partial charge in [-0.2, -0.15) is 0 Å². The van der Waals surface area contributed by atoms with E-state index in [1.165, 1.54) is 0 Å². The van der Waals surface area contributed by atoms with E-state index in [0.717, 1.165) is 40.8 Å². The van der Waals surface area contributed by atoms with E-state index in [4.69, 9.17) is 0 Å². The molecular formula is C24H24N4O4S2. The summed E-state index contributed by atoms with van der Waals surface area (Å²) in [5, 5.41) is 1.71. The standard InChI is InChI=1S/C24H24N4O4S2/c29-22(16-17-7-9-18(10-8-17)26-34(31,32)23-6-3-15-33-23)27-13-11-19(12-14-27)28-21-5-2-1-4-20(21)25-24(28)30/h1-10,15,19,26H,11-14,16H2,(H,25,30). The Morgan fingerprint density at radius 3 is 2.47 bits per heavy atom. The molecule has 0 bridgehead atoms. The molecule has 2 N–H and O–H groups in total. The Labute approximate surface area is 200 Å². The first-order valence-corrected chi connectivity index (χ1v) is 13.4. The zero-order valence-corrected chi connectivity index (χ0v) is 19.9. The van der Waals surface area contributed by atoms with Crippen LogP contribution in [0, 0.1) is 0 Å². The number of imidazole rings is 1. The SMILES string of the molecule is O=C(Cc1ccc(NS(=O)(=O)c2cccs2)cc1)N1CCC(n2c(=O)[nH]c3ccccc32)CC1. The molecule has 10 heteroatoms. The number of carbonyl (C=O) groups is 1. The van der Waals surface area contributed by atoms with Crippen molar-refractivity contribution in [1.29, 1.82) is 0 Å². The van der Waals surface area contributed by atoms with Crippen molar-refractivity contribution in [3.05, 3.63) is 82.1 Å². The molecule has 0 atom stereocenters. The van der Waals surface area contributed by atoms with Gasteiger partial charge >= 0.3 is 5.69 Å². The van der Waals surface area contributed by atoms with Crippen molar-refractivity contribution in [1.82, 2.24) is 14.5 Å². The summed E-state index contributed by atoms with van der Waals surface area (Å²) in [6.07, 6.45) is 1.68. The zero-order chi connectivity index (χ0) is 23.7. The van der Waals surface area contributed by atoms with Crippen LogP contribution in [0.1, 0.15) is 24.4 Å². The van der Waals surface area contributed by atoms with Gasteiger partial charge in [0.1, 0.15) is 4.21 Å². The van der Waals surface area contributed by atoms with E-state index >= 15 is 0 Å². The first-order valence-electron chi connectivity index (χ1n) is 11.0. The zero-order valence-electron chi connectivity index (χ0n) is 18.3. The molecular weight excluding hydrogens is 472 g/mol. The number of nitrogens with one attached hydrogen (secondary N) is 2. The molecule has 176 valence electrons. The molecule has 0 saturated carbocycles. The molecule has 0 aliphatic carbocycles. The number of aromatic nitrogens is 2. The largest absolute Gasteiger partial charge is 0.342 e. The van der Waals surface area contributed by atoms with E-state index in [1.807, 2.05) is 33.7 Å². The Balaban J connectivity index is 1.19. The van der Waals surface area contributed by atoms with Crippen LogP contribution in [0.2, 0.25) is 0 Å². The Kier molecular flexibility index (Phi) is 6.01. The Morgan fingerprint density at radius 2 is 1.76 bits per heavy atom. The highest BCUT2D eigenvalue weighted by Gasteiger charge is 2.26. The van der Waals surface area contributed by atoms with E-state index in [1.54, 1.807) is 41.8 Å². The van der Waals surface area contributed by atoms with Gasteiger partial charge in [0.2, 0.25) is 5.91 Å². The Morgan fingerprint density at radius 1 is 1.03 bits per heavy atom. The highest BCUT2D eigenvalue weighted by molar-refractivity contribution is 7.94. The summed E-state index contributed by atoms with van der Waals surface area (Å²) < 4.78 is 29.3. The second-order valence-electron chi connectivity index (χ2n) is 8.34. The minimum absolute atomic E-state index is 0.0247. The molecule has 1 aliphatic heterocycles. The maximum absolute atomic E-state index is 12.9. The van der Waals surface area contributed by atoms with E-state index < -0.39 is 10.0 Å². The number of hydrogen-bond donors (Lipinski definition) is 2. The molecule has 1 fully saturated rings. The lowest BCUT2D eigenvalue weighted by Crippen LogP contribution is -2.41. The number of fused-ring (bicyclic) bond motifs is 1. The fourth-order valence-electron chi connectivity index (χ4n) is 4.41.